The van der Waals surface area contributed by atoms with E-state index in [1.165, 1.54) is 14.2 Å². The second-order valence-corrected chi connectivity index (χ2v) is 3.02. The molecule has 0 aliphatic heterocycles. The molecule has 0 bridgehead atoms. The molecule has 0 aliphatic carbocycles. The molecule has 2 unspecified atom stereocenters. The summed E-state index contributed by atoms with van der Waals surface area (Å²) in [6.45, 7) is 0.126. The van der Waals surface area contributed by atoms with Crippen molar-refractivity contribution in [1.82, 2.24) is 5.06 Å². The zero-order valence-electron chi connectivity index (χ0n) is 8.59. The van der Waals surface area contributed by atoms with Crippen molar-refractivity contribution in [2.75, 3.05) is 40.6 Å². The summed E-state index contributed by atoms with van der Waals surface area (Å²) < 4.78 is 9.48. The topological polar surface area (TPSA) is 82.4 Å². The maximum atomic E-state index is 9.41. The van der Waals surface area contributed by atoms with Gasteiger partial charge < -0.3 is 24.9 Å². The second-order valence-electron chi connectivity index (χ2n) is 3.02. The summed E-state index contributed by atoms with van der Waals surface area (Å²) in [4.78, 5) is 0. The highest BCUT2D eigenvalue weighted by Crippen LogP contribution is 1.98. The normalized spacial score (nSPS) is 15.9. The number of methoxy groups -OCH3 is 2. The summed E-state index contributed by atoms with van der Waals surface area (Å²) in [5.74, 6) is 0. The number of aliphatic hydroxyl groups excluding tert-OH is 2. The fourth-order valence-electron chi connectivity index (χ4n) is 1.04. The molecular formula is C8H19NO5. The van der Waals surface area contributed by atoms with E-state index in [0.29, 0.717) is 0 Å². The van der Waals surface area contributed by atoms with Gasteiger partial charge in [-0.2, -0.15) is 5.06 Å². The van der Waals surface area contributed by atoms with Crippen LogP contribution in [0.25, 0.3) is 0 Å². The van der Waals surface area contributed by atoms with Crippen LogP contribution in [0.5, 0.6) is 0 Å². The SMILES string of the molecule is COCC(O)CN(O)C(CO)COC. The highest BCUT2D eigenvalue weighted by Gasteiger charge is 2.18. The quantitative estimate of drug-likeness (QED) is 0.431. The Balaban J connectivity index is 3.83. The highest BCUT2D eigenvalue weighted by atomic mass is 16.5. The van der Waals surface area contributed by atoms with E-state index in [-0.39, 0.29) is 26.4 Å². The fourth-order valence-corrected chi connectivity index (χ4v) is 1.04. The molecule has 2 atom stereocenters. The zero-order chi connectivity index (χ0) is 11.0. The molecule has 0 aromatic carbocycles. The molecule has 0 amide bonds. The van der Waals surface area contributed by atoms with E-state index in [0.717, 1.165) is 5.06 Å². The van der Waals surface area contributed by atoms with Crippen molar-refractivity contribution in [2.45, 2.75) is 12.1 Å². The maximum Gasteiger partial charge on any atom is 0.0923 e. The first-order valence-corrected chi connectivity index (χ1v) is 4.38. The molecule has 0 aliphatic rings. The molecule has 0 fully saturated rings. The molecular weight excluding hydrogens is 190 g/mol. The third-order valence-electron chi connectivity index (χ3n) is 1.75. The summed E-state index contributed by atoms with van der Waals surface area (Å²) in [6.07, 6.45) is -0.782. The van der Waals surface area contributed by atoms with Crippen LogP contribution < -0.4 is 0 Å². The third-order valence-corrected chi connectivity index (χ3v) is 1.75. The average Bonchev–Trinajstić information content (AvgIpc) is 2.14. The van der Waals surface area contributed by atoms with E-state index in [2.05, 4.69) is 0 Å². The van der Waals surface area contributed by atoms with Crippen LogP contribution in [0.3, 0.4) is 0 Å². The molecule has 0 saturated carbocycles. The van der Waals surface area contributed by atoms with Gasteiger partial charge in [-0.3, -0.25) is 0 Å². The van der Waals surface area contributed by atoms with Crippen molar-refractivity contribution in [3.63, 3.8) is 0 Å². The largest absolute Gasteiger partial charge is 0.395 e. The number of aliphatic hydroxyl groups is 2. The van der Waals surface area contributed by atoms with Gasteiger partial charge in [-0.05, 0) is 0 Å². The van der Waals surface area contributed by atoms with E-state index >= 15 is 0 Å². The minimum atomic E-state index is -0.782. The second kappa shape index (κ2) is 8.10. The van der Waals surface area contributed by atoms with Crippen molar-refractivity contribution in [3.8, 4) is 0 Å². The molecule has 14 heavy (non-hydrogen) atoms. The molecule has 3 N–H and O–H groups in total. The zero-order valence-corrected chi connectivity index (χ0v) is 8.59. The van der Waals surface area contributed by atoms with Crippen molar-refractivity contribution >= 4 is 0 Å². The fraction of sp³-hybridized carbons (Fsp3) is 1.00. The Morgan fingerprint density at radius 1 is 1.21 bits per heavy atom. The molecule has 0 spiro atoms. The molecule has 86 valence electrons. The van der Waals surface area contributed by atoms with Gasteiger partial charge in [0.1, 0.15) is 0 Å². The lowest BCUT2D eigenvalue weighted by atomic mass is 10.3. The predicted octanol–water partition coefficient (Wildman–Crippen LogP) is -1.31. The van der Waals surface area contributed by atoms with E-state index in [1.807, 2.05) is 0 Å². The van der Waals surface area contributed by atoms with Crippen molar-refractivity contribution in [2.24, 2.45) is 0 Å². The smallest absolute Gasteiger partial charge is 0.0923 e. The van der Waals surface area contributed by atoms with E-state index in [4.69, 9.17) is 14.6 Å². The van der Waals surface area contributed by atoms with Crippen molar-refractivity contribution < 1.29 is 24.9 Å². The molecule has 6 nitrogen and oxygen atoms in total. The van der Waals surface area contributed by atoms with Crippen LogP contribution in [-0.4, -0.2) is 73.2 Å². The first-order valence-electron chi connectivity index (χ1n) is 4.38. The average molecular weight is 209 g/mol. The maximum absolute atomic E-state index is 9.41. The Morgan fingerprint density at radius 3 is 2.21 bits per heavy atom. The van der Waals surface area contributed by atoms with Gasteiger partial charge in [-0.25, -0.2) is 0 Å². The van der Waals surface area contributed by atoms with E-state index in [1.54, 1.807) is 0 Å². The Labute approximate surface area is 83.6 Å². The summed E-state index contributed by atoms with van der Waals surface area (Å²) in [5.41, 5.74) is 0. The lowest BCUT2D eigenvalue weighted by molar-refractivity contribution is -0.169. The minimum Gasteiger partial charge on any atom is -0.395 e. The molecule has 0 rings (SSSR count). The van der Waals surface area contributed by atoms with Gasteiger partial charge in [-0.15, -0.1) is 0 Å². The van der Waals surface area contributed by atoms with Crippen molar-refractivity contribution in [3.05, 3.63) is 0 Å². The van der Waals surface area contributed by atoms with Crippen LogP contribution in [0.2, 0.25) is 0 Å². The number of hydroxylamine groups is 2. The molecule has 0 heterocycles. The minimum absolute atomic E-state index is 0.0163. The Hall–Kier alpha value is -0.240. The highest BCUT2D eigenvalue weighted by molar-refractivity contribution is 4.66. The lowest BCUT2D eigenvalue weighted by Crippen LogP contribution is -2.43. The molecule has 0 aromatic rings. The summed E-state index contributed by atoms with van der Waals surface area (Å²) in [5, 5.41) is 28.4. The predicted molar refractivity (Wildman–Crippen MR) is 49.1 cm³/mol. The van der Waals surface area contributed by atoms with Gasteiger partial charge >= 0.3 is 0 Å². The standard InChI is InChI=1S/C8H19NO5/c1-13-5-7(4-10)9(12)3-8(11)6-14-2/h7-8,10-12H,3-6H2,1-2H3. The Bertz CT molecular complexity index is 135. The number of nitrogens with zero attached hydrogens (tertiary/aromatic N) is 1. The molecule has 6 heteroatoms. The van der Waals surface area contributed by atoms with Gasteiger partial charge in [0.15, 0.2) is 0 Å². The Morgan fingerprint density at radius 2 is 1.79 bits per heavy atom. The van der Waals surface area contributed by atoms with Crippen LogP contribution in [0, 0.1) is 0 Å². The van der Waals surface area contributed by atoms with Crippen LogP contribution in [-0.2, 0) is 9.47 Å². The number of hydrogen-bond acceptors (Lipinski definition) is 6. The monoisotopic (exact) mass is 209 g/mol. The van der Waals surface area contributed by atoms with Crippen LogP contribution in [0.4, 0.5) is 0 Å². The third kappa shape index (κ3) is 5.48. The number of rotatable bonds is 8. The van der Waals surface area contributed by atoms with Gasteiger partial charge in [0.05, 0.1) is 38.5 Å². The molecule has 0 aromatic heterocycles. The van der Waals surface area contributed by atoms with E-state index in [9.17, 15) is 10.3 Å². The van der Waals surface area contributed by atoms with Crippen molar-refractivity contribution in [1.29, 1.82) is 0 Å². The van der Waals surface area contributed by atoms with Gasteiger partial charge in [0.25, 0.3) is 0 Å². The number of hydrogen-bond donors (Lipinski definition) is 3. The lowest BCUT2D eigenvalue weighted by Gasteiger charge is -2.25. The van der Waals surface area contributed by atoms with Gasteiger partial charge in [-0.1, -0.05) is 0 Å². The summed E-state index contributed by atoms with van der Waals surface area (Å²) in [7, 11) is 2.94. The number of ether oxygens (including phenoxy) is 2. The van der Waals surface area contributed by atoms with Gasteiger partial charge in [0.2, 0.25) is 0 Å². The van der Waals surface area contributed by atoms with Crippen LogP contribution in [0.1, 0.15) is 0 Å². The molecule has 0 radical (unpaired) electrons. The van der Waals surface area contributed by atoms with Gasteiger partial charge in [0, 0.05) is 14.2 Å². The molecule has 0 saturated heterocycles. The summed E-state index contributed by atoms with van der Waals surface area (Å²) in [6, 6.07) is -0.522. The first-order chi connectivity index (χ1) is 6.65. The Kier molecular flexibility index (Phi) is 7.96. The van der Waals surface area contributed by atoms with Crippen LogP contribution in [0.15, 0.2) is 0 Å². The van der Waals surface area contributed by atoms with Crippen LogP contribution >= 0.6 is 0 Å². The first kappa shape index (κ1) is 13.8. The van der Waals surface area contributed by atoms with E-state index < -0.39 is 12.1 Å². The summed E-state index contributed by atoms with van der Waals surface area (Å²) >= 11 is 0.